The van der Waals surface area contributed by atoms with Gasteiger partial charge in [0.05, 0.1) is 0 Å². The van der Waals surface area contributed by atoms with Gasteiger partial charge >= 0.3 is 0 Å². The lowest BCUT2D eigenvalue weighted by atomic mass is 9.44. The highest BCUT2D eigenvalue weighted by atomic mass is 19.1. The van der Waals surface area contributed by atoms with E-state index in [2.05, 4.69) is 85.1 Å². The molecule has 0 bridgehead atoms. The number of halogens is 3. The third kappa shape index (κ3) is 10.2. The van der Waals surface area contributed by atoms with E-state index in [4.69, 9.17) is 12.8 Å². The van der Waals surface area contributed by atoms with Crippen LogP contribution in [0.25, 0.3) is 0 Å². The summed E-state index contributed by atoms with van der Waals surface area (Å²) < 4.78 is 42.9. The Hall–Kier alpha value is -1.91. The molecule has 0 aromatic heterocycles. The standard InChI is InChI=1S/C22H34O.C21H32F2.C21H31FO.C20H30O/c1-4-12-22(23)15-11-19-17-9-8-16-7-5-6-13-20(16,2)18(17)10-14-21(19,22)3;1-13-4-7-17-16-6-5-14-12-15(22)8-10-20(14,2)18(16)9-11-21(17,3)19(13)23;1-4-21(23)12-9-18-16-6-5-14-13-15(22)7-10-19(14,2)17(16)8-11-20(18,21)3;1-3-20(21)13-11-18-17-9-8-14-6-4-5-7-15(14)16(17)10-12-19(18,20)2/h16-19,23H,5-11,13-15H2,1-3H3;5,13,15-19H,4,6-12H2,1-3H3;1,14-18,23H,5-13H2,2-3H3;1,14-18,21H,4-13H2,2H3/t16-,17?,18?,19?,20+,21+,22+;13-,15+,16?,17?,18?,19+,20+,21+;14-,15-,16?,17?,18?,19-,20-,21-;14-,15+,16?,17?,18?,19+,20+/m1101/s1. The molecule has 15 fully saturated rings. The van der Waals surface area contributed by atoms with E-state index in [0.717, 1.165) is 144 Å². The van der Waals surface area contributed by atoms with Crippen LogP contribution in [0.1, 0.15) is 300 Å². The van der Waals surface area contributed by atoms with Crippen LogP contribution in [0.15, 0.2) is 11.6 Å². The van der Waals surface area contributed by atoms with E-state index in [1.165, 1.54) is 134 Å². The minimum atomic E-state index is -0.906. The Morgan fingerprint density at radius 3 is 1.60 bits per heavy atom. The molecule has 16 aliphatic carbocycles. The maximum absolute atomic E-state index is 15.1. The van der Waals surface area contributed by atoms with E-state index in [-0.39, 0.29) is 33.0 Å². The van der Waals surface area contributed by atoms with E-state index in [1.54, 1.807) is 0 Å². The fourth-order valence-corrected chi connectivity index (χ4v) is 29.4. The van der Waals surface area contributed by atoms with Gasteiger partial charge in [-0.3, -0.25) is 0 Å². The number of terminal acetylenes is 2. The molecule has 90 heavy (non-hydrogen) atoms. The number of hydrogen-bond acceptors (Lipinski definition) is 3. The first-order chi connectivity index (χ1) is 42.7. The van der Waals surface area contributed by atoms with Crippen LogP contribution in [0.3, 0.4) is 0 Å². The van der Waals surface area contributed by atoms with Crippen molar-refractivity contribution in [1.82, 2.24) is 0 Å². The Morgan fingerprint density at radius 2 is 0.944 bits per heavy atom. The smallest absolute Gasteiger partial charge is 0.131 e. The fraction of sp³-hybridized carbons (Fsp3) is 0.905. The summed E-state index contributed by atoms with van der Waals surface area (Å²) in [5.74, 6) is 24.3. The Kier molecular flexibility index (Phi) is 18.0. The second-order valence-electron chi connectivity index (χ2n) is 37.5. The average molecular weight is 1240 g/mol. The molecule has 502 valence electrons. The van der Waals surface area contributed by atoms with Crippen molar-refractivity contribution >= 4 is 0 Å². The number of alkyl halides is 3. The summed E-state index contributed by atoms with van der Waals surface area (Å²) >= 11 is 0. The van der Waals surface area contributed by atoms with E-state index < -0.39 is 35.3 Å². The van der Waals surface area contributed by atoms with Crippen LogP contribution >= 0.6 is 0 Å². The Morgan fingerprint density at radius 1 is 0.422 bits per heavy atom. The molecule has 16 rings (SSSR count). The molecule has 0 amide bonds. The molecule has 15 saturated carbocycles. The molecule has 6 heteroatoms. The largest absolute Gasteiger partial charge is 0.377 e. The minimum absolute atomic E-state index is 0.00950. The lowest BCUT2D eigenvalue weighted by molar-refractivity contribution is -0.140. The predicted octanol–water partition coefficient (Wildman–Crippen LogP) is 20.6. The normalized spacial score (nSPS) is 56.5. The number of fused-ring (bicyclic) bond motifs is 20. The topological polar surface area (TPSA) is 60.7 Å². The molecule has 0 radical (unpaired) electrons. The Bertz CT molecular complexity index is 2800. The molecule has 0 heterocycles. The molecule has 0 aromatic rings. The van der Waals surface area contributed by atoms with Crippen LogP contribution in [0, 0.1) is 175 Å². The highest BCUT2D eigenvalue weighted by Crippen LogP contribution is 2.72. The van der Waals surface area contributed by atoms with Crippen molar-refractivity contribution in [3.8, 4) is 36.5 Å². The van der Waals surface area contributed by atoms with Crippen LogP contribution in [0.5, 0.6) is 0 Å². The monoisotopic (exact) mass is 1240 g/mol. The highest BCUT2D eigenvalue weighted by molar-refractivity contribution is 5.29. The quantitative estimate of drug-likeness (QED) is 0.167. The molecule has 3 nitrogen and oxygen atoms in total. The summed E-state index contributed by atoms with van der Waals surface area (Å²) in [6.07, 6.45) is 55.5. The molecule has 0 saturated heterocycles. The molecule has 0 spiro atoms. The van der Waals surface area contributed by atoms with Gasteiger partial charge in [0.15, 0.2) is 0 Å². The van der Waals surface area contributed by atoms with Gasteiger partial charge in [-0.2, -0.15) is 0 Å². The Labute approximate surface area is 547 Å². The first-order valence-corrected chi connectivity index (χ1v) is 38.9. The fourth-order valence-electron chi connectivity index (χ4n) is 29.4. The second kappa shape index (κ2) is 24.3. The number of rotatable bonds is 0. The molecular weight excluding hydrogens is 1110 g/mol. The van der Waals surface area contributed by atoms with Crippen LogP contribution in [0.4, 0.5) is 13.2 Å². The second-order valence-corrected chi connectivity index (χ2v) is 37.5. The summed E-state index contributed by atoms with van der Waals surface area (Å²) in [7, 11) is 0. The summed E-state index contributed by atoms with van der Waals surface area (Å²) in [6.45, 7) is 20.6. The number of aliphatic hydroxyl groups is 3. The highest BCUT2D eigenvalue weighted by Gasteiger charge is 2.68. The van der Waals surface area contributed by atoms with Gasteiger partial charge in [0.2, 0.25) is 0 Å². The van der Waals surface area contributed by atoms with Crippen molar-refractivity contribution < 1.29 is 28.5 Å². The lowest BCUT2D eigenvalue weighted by Crippen LogP contribution is -2.56. The van der Waals surface area contributed by atoms with Crippen molar-refractivity contribution in [3.63, 3.8) is 0 Å². The van der Waals surface area contributed by atoms with Crippen molar-refractivity contribution in [2.24, 2.45) is 139 Å². The summed E-state index contributed by atoms with van der Waals surface area (Å²) in [6, 6.07) is 0. The van der Waals surface area contributed by atoms with Crippen LogP contribution in [-0.4, -0.2) is 50.6 Å². The summed E-state index contributed by atoms with van der Waals surface area (Å²) in [4.78, 5) is 0. The third-order valence-corrected chi connectivity index (χ3v) is 34.9. The summed E-state index contributed by atoms with van der Waals surface area (Å²) in [5.41, 5.74) is -0.140. The number of allylic oxidation sites excluding steroid dienone is 2. The number of hydrogen-bond donors (Lipinski definition) is 3. The zero-order valence-corrected chi connectivity index (χ0v) is 58.4. The van der Waals surface area contributed by atoms with Crippen LogP contribution in [0.2, 0.25) is 0 Å². The van der Waals surface area contributed by atoms with Crippen molar-refractivity contribution in [2.45, 2.75) is 335 Å². The maximum atomic E-state index is 15.1. The molecule has 3 N–H and O–H groups in total. The Balaban J connectivity index is 0.000000110. The van der Waals surface area contributed by atoms with Gasteiger partial charge in [0.1, 0.15) is 35.3 Å². The van der Waals surface area contributed by atoms with Crippen molar-refractivity contribution in [1.29, 1.82) is 0 Å². The van der Waals surface area contributed by atoms with Gasteiger partial charge in [-0.05, 0) is 323 Å². The third-order valence-electron chi connectivity index (χ3n) is 34.9. The van der Waals surface area contributed by atoms with Gasteiger partial charge in [0, 0.05) is 28.1 Å². The van der Waals surface area contributed by atoms with Crippen molar-refractivity contribution in [2.75, 3.05) is 0 Å². The van der Waals surface area contributed by atoms with E-state index in [0.29, 0.717) is 70.5 Å². The summed E-state index contributed by atoms with van der Waals surface area (Å²) in [5, 5.41) is 33.2. The van der Waals surface area contributed by atoms with Gasteiger partial charge in [-0.25, -0.2) is 13.2 Å². The van der Waals surface area contributed by atoms with E-state index in [1.807, 2.05) is 6.92 Å². The van der Waals surface area contributed by atoms with Crippen LogP contribution in [-0.2, 0) is 0 Å². The first-order valence-electron chi connectivity index (χ1n) is 38.9. The lowest BCUT2D eigenvalue weighted by Gasteiger charge is -2.61. The van der Waals surface area contributed by atoms with Gasteiger partial charge < -0.3 is 15.3 Å². The van der Waals surface area contributed by atoms with Gasteiger partial charge in [-0.1, -0.05) is 117 Å². The maximum Gasteiger partial charge on any atom is 0.131 e. The van der Waals surface area contributed by atoms with E-state index >= 15 is 4.39 Å². The zero-order valence-electron chi connectivity index (χ0n) is 58.4. The minimum Gasteiger partial charge on any atom is -0.377 e. The predicted molar refractivity (Wildman–Crippen MR) is 361 cm³/mol. The zero-order chi connectivity index (χ0) is 63.8. The SMILES string of the molecule is C#C[C@]1(O)CCC2C3CC[C@H]4CCCC[C@@H]4C3CC[C@@]21C.C#C[C@]1(O)CCC2C3CC[C@H]4C[C@@H](F)CC[C@]4(C)C3CC[C@@]21C.CC#C[C@]1(O)CCC2C3CC[C@H]4CCCC[C@]4(C)C3CC[C@@]21C.C[C@@H]1CCC2C3CC=C4C[C@@H](F)CC[C@]4(C)C3CC[C@]2(C)[C@H]1F. The van der Waals surface area contributed by atoms with Gasteiger partial charge in [-0.15, -0.1) is 18.8 Å². The van der Waals surface area contributed by atoms with Crippen LogP contribution < -0.4 is 0 Å². The molecule has 0 aromatic carbocycles. The first kappa shape index (κ1) is 66.7. The molecule has 16 aliphatic rings. The van der Waals surface area contributed by atoms with E-state index in [9.17, 15) is 24.1 Å². The average Bonchev–Trinajstić information content (AvgIpc) is 1.33. The molecule has 0 aliphatic heterocycles. The van der Waals surface area contributed by atoms with Gasteiger partial charge in [0.25, 0.3) is 0 Å². The molecule has 30 atom stereocenters. The molecular formula is C84H127F3O3. The molecule has 12 unspecified atom stereocenters. The van der Waals surface area contributed by atoms with Crippen molar-refractivity contribution in [3.05, 3.63) is 11.6 Å².